The molecule has 0 saturated heterocycles. The summed E-state index contributed by atoms with van der Waals surface area (Å²) in [5, 5.41) is 0. The molecule has 12 unspecified atom stereocenters. The maximum absolute atomic E-state index is 13.9. The zero-order valence-corrected chi connectivity index (χ0v) is 18.6. The molecule has 0 amide bonds. The van der Waals surface area contributed by atoms with E-state index >= 15 is 0 Å². The van der Waals surface area contributed by atoms with E-state index in [0.717, 1.165) is 30.1 Å². The Morgan fingerprint density at radius 1 is 0.433 bits per heavy atom. The quantitative estimate of drug-likeness (QED) is 0.487. The van der Waals surface area contributed by atoms with Crippen molar-refractivity contribution in [1.82, 2.24) is 0 Å². The molecule has 0 aromatic heterocycles. The molecule has 30 heavy (non-hydrogen) atoms. The first kappa shape index (κ1) is 18.9. The summed E-state index contributed by atoms with van der Waals surface area (Å²) in [6, 6.07) is 0. The minimum atomic E-state index is 0.138. The number of hydrogen-bond donors (Lipinski definition) is 0. The van der Waals surface area contributed by atoms with E-state index in [1.165, 1.54) is 83.5 Å². The molecule has 7 aliphatic rings. The lowest BCUT2D eigenvalue weighted by Gasteiger charge is -2.49. The van der Waals surface area contributed by atoms with Crippen molar-refractivity contribution in [3.8, 4) is 0 Å². The summed E-state index contributed by atoms with van der Waals surface area (Å²) in [5.41, 5.74) is 0. The molecule has 0 aromatic carbocycles. The topological polar surface area (TPSA) is 34.1 Å². The van der Waals surface area contributed by atoms with Crippen LogP contribution in [0.3, 0.4) is 0 Å². The molecule has 12 atom stereocenters. The molecule has 7 saturated carbocycles. The molecule has 0 heterocycles. The normalized spacial score (nSPS) is 56.9. The summed E-state index contributed by atoms with van der Waals surface area (Å²) < 4.78 is 0. The molecule has 0 aromatic rings. The molecule has 0 spiro atoms. The van der Waals surface area contributed by atoms with Gasteiger partial charge in [0, 0.05) is 23.7 Å². The van der Waals surface area contributed by atoms with Crippen LogP contribution in [-0.2, 0) is 9.59 Å². The molecule has 0 N–H and O–H groups in total. The van der Waals surface area contributed by atoms with Gasteiger partial charge in [0.2, 0.25) is 0 Å². The second-order valence-electron chi connectivity index (χ2n) is 12.9. The number of Topliss-reactive ketones (excluding diaryl/α,β-unsaturated/α-hetero) is 2. The lowest BCUT2D eigenvalue weighted by atomic mass is 9.56. The van der Waals surface area contributed by atoms with Crippen LogP contribution in [0.25, 0.3) is 0 Å². The number of fused-ring (bicyclic) bond motifs is 9. The molecule has 164 valence electrons. The molecular formula is C28H40O2. The van der Waals surface area contributed by atoms with Crippen molar-refractivity contribution in [2.75, 3.05) is 0 Å². The second-order valence-corrected chi connectivity index (χ2v) is 12.9. The van der Waals surface area contributed by atoms with Crippen LogP contribution in [0.2, 0.25) is 0 Å². The summed E-state index contributed by atoms with van der Waals surface area (Å²) in [7, 11) is 0. The van der Waals surface area contributed by atoms with Crippen molar-refractivity contribution < 1.29 is 9.59 Å². The third kappa shape index (κ3) is 2.54. The van der Waals surface area contributed by atoms with Gasteiger partial charge in [0.05, 0.1) is 0 Å². The van der Waals surface area contributed by atoms with Crippen molar-refractivity contribution in [2.45, 2.75) is 89.9 Å². The molecule has 2 nitrogen and oxygen atoms in total. The Morgan fingerprint density at radius 3 is 1.73 bits per heavy atom. The molecule has 7 aliphatic carbocycles. The highest BCUT2D eigenvalue weighted by Gasteiger charge is 2.64. The first-order chi connectivity index (χ1) is 14.7. The largest absolute Gasteiger partial charge is 0.299 e. The third-order valence-corrected chi connectivity index (χ3v) is 12.0. The standard InChI is InChI=1S/C28H40O2/c29-27-22-8-4-3-7-19(22)20-9-10-21-23-13-17-11-15-5-1-2-6-16(15)12-18(17)14-24(23)28(30)26(21)25(20)27/h15-26H,1-14H2. The van der Waals surface area contributed by atoms with Gasteiger partial charge in [-0.1, -0.05) is 38.5 Å². The van der Waals surface area contributed by atoms with Crippen LogP contribution in [0.1, 0.15) is 89.9 Å². The Bertz CT molecular complexity index is 741. The van der Waals surface area contributed by atoms with Gasteiger partial charge < -0.3 is 0 Å². The van der Waals surface area contributed by atoms with Crippen molar-refractivity contribution in [1.29, 1.82) is 0 Å². The zero-order chi connectivity index (χ0) is 20.0. The maximum Gasteiger partial charge on any atom is 0.140 e. The fourth-order valence-electron chi connectivity index (χ4n) is 11.0. The lowest BCUT2D eigenvalue weighted by molar-refractivity contribution is -0.135. The Balaban J connectivity index is 1.16. The van der Waals surface area contributed by atoms with Gasteiger partial charge in [-0.3, -0.25) is 9.59 Å². The molecule has 7 fully saturated rings. The van der Waals surface area contributed by atoms with E-state index < -0.39 is 0 Å². The SMILES string of the molecule is O=C1C2CCCCC2C2CCC3C4CC5CC6CCCCC6CC5CC4C(=O)C3C12. The highest BCUT2D eigenvalue weighted by molar-refractivity contribution is 5.95. The minimum Gasteiger partial charge on any atom is -0.299 e. The highest BCUT2D eigenvalue weighted by Crippen LogP contribution is 2.64. The van der Waals surface area contributed by atoms with Crippen molar-refractivity contribution in [3.05, 3.63) is 0 Å². The van der Waals surface area contributed by atoms with Crippen LogP contribution >= 0.6 is 0 Å². The van der Waals surface area contributed by atoms with Gasteiger partial charge >= 0.3 is 0 Å². The van der Waals surface area contributed by atoms with E-state index in [1.54, 1.807) is 0 Å². The van der Waals surface area contributed by atoms with Gasteiger partial charge in [-0.15, -0.1) is 0 Å². The summed E-state index contributed by atoms with van der Waals surface area (Å²) >= 11 is 0. The van der Waals surface area contributed by atoms with E-state index in [2.05, 4.69) is 0 Å². The third-order valence-electron chi connectivity index (χ3n) is 12.0. The van der Waals surface area contributed by atoms with Crippen LogP contribution in [0, 0.1) is 71.0 Å². The number of hydrogen-bond acceptors (Lipinski definition) is 2. The van der Waals surface area contributed by atoms with Crippen LogP contribution in [-0.4, -0.2) is 11.6 Å². The molecular weight excluding hydrogens is 368 g/mol. The van der Waals surface area contributed by atoms with Crippen molar-refractivity contribution >= 4 is 11.6 Å². The highest BCUT2D eigenvalue weighted by atomic mass is 16.1. The van der Waals surface area contributed by atoms with E-state index in [0.29, 0.717) is 47.1 Å². The molecule has 7 rings (SSSR count). The minimum absolute atomic E-state index is 0.138. The van der Waals surface area contributed by atoms with Gasteiger partial charge in [-0.05, 0) is 98.7 Å². The van der Waals surface area contributed by atoms with E-state index in [1.807, 2.05) is 0 Å². The molecule has 0 radical (unpaired) electrons. The Morgan fingerprint density at radius 2 is 1.00 bits per heavy atom. The predicted molar refractivity (Wildman–Crippen MR) is 117 cm³/mol. The smallest absolute Gasteiger partial charge is 0.140 e. The average Bonchev–Trinajstić information content (AvgIpc) is 3.23. The van der Waals surface area contributed by atoms with Gasteiger partial charge in [0.25, 0.3) is 0 Å². The van der Waals surface area contributed by atoms with E-state index in [4.69, 9.17) is 0 Å². The number of rotatable bonds is 0. The summed E-state index contributed by atoms with van der Waals surface area (Å²) in [6.45, 7) is 0. The van der Waals surface area contributed by atoms with E-state index in [-0.39, 0.29) is 11.8 Å². The molecule has 0 bridgehead atoms. The van der Waals surface area contributed by atoms with Crippen LogP contribution in [0.4, 0.5) is 0 Å². The van der Waals surface area contributed by atoms with Gasteiger partial charge in [0.15, 0.2) is 0 Å². The van der Waals surface area contributed by atoms with Crippen LogP contribution < -0.4 is 0 Å². The summed E-state index contributed by atoms with van der Waals surface area (Å²) in [4.78, 5) is 27.4. The lowest BCUT2D eigenvalue weighted by Crippen LogP contribution is -2.41. The van der Waals surface area contributed by atoms with Crippen molar-refractivity contribution in [2.24, 2.45) is 71.0 Å². The fourth-order valence-corrected chi connectivity index (χ4v) is 11.0. The summed E-state index contributed by atoms with van der Waals surface area (Å²) in [5.74, 6) is 8.17. The monoisotopic (exact) mass is 408 g/mol. The second kappa shape index (κ2) is 6.92. The first-order valence-electron chi connectivity index (χ1n) is 13.8. The fraction of sp³-hybridized carbons (Fsp3) is 0.929. The Kier molecular flexibility index (Phi) is 4.35. The van der Waals surface area contributed by atoms with Crippen LogP contribution in [0.15, 0.2) is 0 Å². The van der Waals surface area contributed by atoms with Gasteiger partial charge in [0.1, 0.15) is 11.6 Å². The zero-order valence-electron chi connectivity index (χ0n) is 18.6. The summed E-state index contributed by atoms with van der Waals surface area (Å²) in [6.07, 6.45) is 18.8. The Labute approximate surface area is 182 Å². The van der Waals surface area contributed by atoms with Gasteiger partial charge in [-0.2, -0.15) is 0 Å². The molecule has 0 aliphatic heterocycles. The maximum atomic E-state index is 13.9. The predicted octanol–water partition coefficient (Wildman–Crippen LogP) is 6.08. The average molecular weight is 409 g/mol. The number of ketones is 2. The molecule has 2 heteroatoms. The van der Waals surface area contributed by atoms with E-state index in [9.17, 15) is 9.59 Å². The number of carbonyl (C=O) groups excluding carboxylic acids is 2. The number of carbonyl (C=O) groups is 2. The van der Waals surface area contributed by atoms with Crippen molar-refractivity contribution in [3.63, 3.8) is 0 Å². The first-order valence-corrected chi connectivity index (χ1v) is 13.8. The Hall–Kier alpha value is -0.660. The van der Waals surface area contributed by atoms with Crippen LogP contribution in [0.5, 0.6) is 0 Å². The van der Waals surface area contributed by atoms with Gasteiger partial charge in [-0.25, -0.2) is 0 Å².